The molecule has 6 nitrogen and oxygen atoms in total. The Labute approximate surface area is 157 Å². The van der Waals surface area contributed by atoms with E-state index in [4.69, 9.17) is 11.6 Å². The summed E-state index contributed by atoms with van der Waals surface area (Å²) in [5.74, 6) is -0.398. The van der Waals surface area contributed by atoms with Crippen LogP contribution in [0.4, 0.5) is 11.4 Å². The number of carbonyl (C=O) groups is 1. The molecule has 1 amide bonds. The van der Waals surface area contributed by atoms with Crippen molar-refractivity contribution in [3.05, 3.63) is 52.5 Å². The summed E-state index contributed by atoms with van der Waals surface area (Å²) in [4.78, 5) is 14.4. The lowest BCUT2D eigenvalue weighted by Crippen LogP contribution is -2.28. The minimum atomic E-state index is -3.81. The van der Waals surface area contributed by atoms with E-state index in [2.05, 4.69) is 9.71 Å². The predicted molar refractivity (Wildman–Crippen MR) is 104 cm³/mol. The maximum absolute atomic E-state index is 12.6. The van der Waals surface area contributed by atoms with Gasteiger partial charge in [0.05, 0.1) is 5.69 Å². The summed E-state index contributed by atoms with van der Waals surface area (Å²) in [5, 5.41) is 3.36. The Hall–Kier alpha value is -2.38. The van der Waals surface area contributed by atoms with Gasteiger partial charge in [-0.05, 0) is 55.3 Å². The van der Waals surface area contributed by atoms with Crippen LogP contribution < -0.4 is 10.2 Å². The molecule has 8 heteroatoms. The number of carbonyl (C=O) groups excluding carboxylic acids is 1. The number of hydrogen-bond donors (Lipinski definition) is 1. The summed E-state index contributed by atoms with van der Waals surface area (Å²) >= 11 is 5.92. The maximum Gasteiger partial charge on any atom is 0.285 e. The van der Waals surface area contributed by atoms with Crippen LogP contribution in [-0.4, -0.2) is 27.2 Å². The Balaban J connectivity index is 1.94. The van der Waals surface area contributed by atoms with Gasteiger partial charge in [-0.3, -0.25) is 4.79 Å². The summed E-state index contributed by atoms with van der Waals surface area (Å²) < 4.78 is 28.2. The van der Waals surface area contributed by atoms with Crippen LogP contribution in [0.25, 0.3) is 0 Å². The summed E-state index contributed by atoms with van der Waals surface area (Å²) in [6, 6.07) is 9.74. The zero-order chi connectivity index (χ0) is 18.9. The molecule has 0 spiro atoms. The second-order valence-corrected chi connectivity index (χ2v) is 8.02. The average molecular weight is 392 g/mol. The van der Waals surface area contributed by atoms with E-state index in [0.717, 1.165) is 12.0 Å². The second-order valence-electron chi connectivity index (χ2n) is 5.99. The summed E-state index contributed by atoms with van der Waals surface area (Å²) in [6.07, 6.45) is 2.15. The number of fused-ring (bicyclic) bond motifs is 1. The first-order valence-electron chi connectivity index (χ1n) is 8.10. The summed E-state index contributed by atoms with van der Waals surface area (Å²) in [7, 11) is -3.81. The van der Waals surface area contributed by atoms with Crippen molar-refractivity contribution >= 4 is 45.2 Å². The standard InChI is InChI=1S/C18H18ClN3O3S/c1-3-8-22-11-20-26(24,25)17-10-13(4-7-16(17)22)18(23)21-15-6-5-14(19)9-12(15)2/h4-7,9-11H,3,8H2,1-2H3,(H,21,23). The topological polar surface area (TPSA) is 78.8 Å². The summed E-state index contributed by atoms with van der Waals surface area (Å²) in [6.45, 7) is 4.46. The molecule has 1 aliphatic rings. The Bertz CT molecular complexity index is 1000. The molecule has 3 rings (SSSR count). The van der Waals surface area contributed by atoms with E-state index in [-0.39, 0.29) is 10.5 Å². The van der Waals surface area contributed by atoms with Crippen molar-refractivity contribution in [2.75, 3.05) is 16.8 Å². The molecule has 0 aromatic heterocycles. The third-order valence-electron chi connectivity index (χ3n) is 4.04. The molecule has 0 bridgehead atoms. The molecule has 0 radical (unpaired) electrons. The first-order chi connectivity index (χ1) is 12.3. The van der Waals surface area contributed by atoms with E-state index in [1.165, 1.54) is 12.4 Å². The molecular formula is C18H18ClN3O3S. The highest BCUT2D eigenvalue weighted by atomic mass is 35.5. The average Bonchev–Trinajstić information content (AvgIpc) is 2.60. The van der Waals surface area contributed by atoms with Crippen LogP contribution in [0.2, 0.25) is 5.02 Å². The van der Waals surface area contributed by atoms with Crippen molar-refractivity contribution in [3.8, 4) is 0 Å². The van der Waals surface area contributed by atoms with Gasteiger partial charge in [0.25, 0.3) is 15.9 Å². The molecule has 1 heterocycles. The zero-order valence-corrected chi connectivity index (χ0v) is 15.9. The van der Waals surface area contributed by atoms with Crippen LogP contribution in [0.15, 0.2) is 45.7 Å². The van der Waals surface area contributed by atoms with Gasteiger partial charge in [-0.15, -0.1) is 4.40 Å². The van der Waals surface area contributed by atoms with Crippen LogP contribution in [0, 0.1) is 6.92 Å². The lowest BCUT2D eigenvalue weighted by atomic mass is 10.1. The van der Waals surface area contributed by atoms with Gasteiger partial charge in [0.1, 0.15) is 11.2 Å². The molecule has 136 valence electrons. The number of anilines is 2. The van der Waals surface area contributed by atoms with Crippen molar-refractivity contribution in [3.63, 3.8) is 0 Å². The SMILES string of the molecule is CCCN1C=NS(=O)(=O)c2cc(C(=O)Nc3ccc(Cl)cc3C)ccc21. The third-order valence-corrected chi connectivity index (χ3v) is 5.53. The Morgan fingerprint density at radius 3 is 2.69 bits per heavy atom. The Kier molecular flexibility index (Phi) is 5.02. The Morgan fingerprint density at radius 2 is 2.00 bits per heavy atom. The number of aryl methyl sites for hydroxylation is 1. The monoisotopic (exact) mass is 391 g/mol. The van der Waals surface area contributed by atoms with Crippen molar-refractivity contribution in [1.82, 2.24) is 0 Å². The molecule has 2 aromatic rings. The molecule has 26 heavy (non-hydrogen) atoms. The number of hydrogen-bond acceptors (Lipinski definition) is 4. The number of nitrogens with zero attached hydrogens (tertiary/aromatic N) is 2. The quantitative estimate of drug-likeness (QED) is 0.858. The number of nitrogens with one attached hydrogen (secondary N) is 1. The molecule has 0 aliphatic carbocycles. The van der Waals surface area contributed by atoms with E-state index in [9.17, 15) is 13.2 Å². The zero-order valence-electron chi connectivity index (χ0n) is 14.4. The van der Waals surface area contributed by atoms with E-state index >= 15 is 0 Å². The highest BCUT2D eigenvalue weighted by Crippen LogP contribution is 2.31. The van der Waals surface area contributed by atoms with Crippen LogP contribution in [0.3, 0.4) is 0 Å². The Morgan fingerprint density at radius 1 is 1.23 bits per heavy atom. The van der Waals surface area contributed by atoms with Crippen LogP contribution in [0.1, 0.15) is 29.3 Å². The molecule has 0 saturated carbocycles. The largest absolute Gasteiger partial charge is 0.331 e. The highest BCUT2D eigenvalue weighted by molar-refractivity contribution is 7.90. The minimum Gasteiger partial charge on any atom is -0.331 e. The fraction of sp³-hybridized carbons (Fsp3) is 0.222. The third kappa shape index (κ3) is 3.59. The van der Waals surface area contributed by atoms with Gasteiger partial charge in [0, 0.05) is 22.8 Å². The smallest absolute Gasteiger partial charge is 0.285 e. The van der Waals surface area contributed by atoms with Crippen molar-refractivity contribution in [1.29, 1.82) is 0 Å². The molecule has 1 aliphatic heterocycles. The van der Waals surface area contributed by atoms with Gasteiger partial charge in [-0.1, -0.05) is 18.5 Å². The first-order valence-corrected chi connectivity index (χ1v) is 9.92. The van der Waals surface area contributed by atoms with Gasteiger partial charge < -0.3 is 10.2 Å². The number of rotatable bonds is 4. The predicted octanol–water partition coefficient (Wildman–Crippen LogP) is 3.85. The molecular weight excluding hydrogens is 374 g/mol. The maximum atomic E-state index is 12.6. The molecule has 2 aromatic carbocycles. The lowest BCUT2D eigenvalue weighted by molar-refractivity contribution is 0.102. The van der Waals surface area contributed by atoms with E-state index < -0.39 is 15.9 Å². The first kappa shape index (κ1) is 18.4. The molecule has 0 saturated heterocycles. The molecule has 1 N–H and O–H groups in total. The number of halogens is 1. The highest BCUT2D eigenvalue weighted by Gasteiger charge is 2.26. The summed E-state index contributed by atoms with van der Waals surface area (Å²) in [5.41, 5.74) is 2.21. The fourth-order valence-corrected chi connectivity index (χ4v) is 4.02. The van der Waals surface area contributed by atoms with Gasteiger partial charge in [0.15, 0.2) is 0 Å². The second kappa shape index (κ2) is 7.09. The van der Waals surface area contributed by atoms with E-state index in [1.807, 2.05) is 13.8 Å². The number of amides is 1. The van der Waals surface area contributed by atoms with Crippen molar-refractivity contribution in [2.24, 2.45) is 4.40 Å². The minimum absolute atomic E-state index is 0.0360. The normalized spacial score (nSPS) is 14.8. The van der Waals surface area contributed by atoms with Crippen LogP contribution in [0.5, 0.6) is 0 Å². The van der Waals surface area contributed by atoms with Crippen molar-refractivity contribution in [2.45, 2.75) is 25.2 Å². The van der Waals surface area contributed by atoms with Crippen molar-refractivity contribution < 1.29 is 13.2 Å². The van der Waals surface area contributed by atoms with Gasteiger partial charge in [-0.25, -0.2) is 0 Å². The van der Waals surface area contributed by atoms with Gasteiger partial charge in [0.2, 0.25) is 0 Å². The van der Waals surface area contributed by atoms with Gasteiger partial charge >= 0.3 is 0 Å². The van der Waals surface area contributed by atoms with E-state index in [0.29, 0.717) is 22.9 Å². The molecule has 0 atom stereocenters. The van der Waals surface area contributed by atoms with Crippen LogP contribution in [-0.2, 0) is 10.0 Å². The van der Waals surface area contributed by atoms with E-state index in [1.54, 1.807) is 35.2 Å². The van der Waals surface area contributed by atoms with Crippen LogP contribution >= 0.6 is 11.6 Å². The number of sulfonamides is 1. The lowest BCUT2D eigenvalue weighted by Gasteiger charge is -2.25. The number of benzene rings is 2. The fourth-order valence-electron chi connectivity index (χ4n) is 2.72. The molecule has 0 fully saturated rings. The van der Waals surface area contributed by atoms with Gasteiger partial charge in [-0.2, -0.15) is 8.42 Å². The molecule has 0 unspecified atom stereocenters.